The molecule has 1 heterocycles. The average molecular weight is 323 g/mol. The molecule has 0 fully saturated rings. The number of halogens is 1. The third-order valence-corrected chi connectivity index (χ3v) is 2.85. The summed E-state index contributed by atoms with van der Waals surface area (Å²) in [6, 6.07) is 5.56. The highest BCUT2D eigenvalue weighted by molar-refractivity contribution is 9.10. The van der Waals surface area contributed by atoms with Gasteiger partial charge in [0.05, 0.1) is 0 Å². The lowest BCUT2D eigenvalue weighted by Crippen LogP contribution is -2.16. The van der Waals surface area contributed by atoms with Crippen LogP contribution in [0.3, 0.4) is 0 Å². The summed E-state index contributed by atoms with van der Waals surface area (Å²) < 4.78 is 6.60. The Morgan fingerprint density at radius 3 is 2.79 bits per heavy atom. The van der Waals surface area contributed by atoms with Crippen molar-refractivity contribution in [1.82, 2.24) is 9.97 Å². The van der Waals surface area contributed by atoms with Gasteiger partial charge in [0.2, 0.25) is 5.88 Å². The van der Waals surface area contributed by atoms with Crippen molar-refractivity contribution in [1.29, 1.82) is 0 Å². The minimum Gasteiger partial charge on any atom is -0.437 e. The molecule has 0 aliphatic rings. The van der Waals surface area contributed by atoms with Crippen LogP contribution in [-0.2, 0) is 0 Å². The lowest BCUT2D eigenvalue weighted by Gasteiger charge is -2.10. The van der Waals surface area contributed by atoms with E-state index in [1.807, 2.05) is 19.1 Å². The molecule has 0 atom stereocenters. The van der Waals surface area contributed by atoms with E-state index in [0.29, 0.717) is 5.75 Å². The molecule has 0 saturated heterocycles. The molecular formula is C12H11BrN4O2. The first kappa shape index (κ1) is 13.3. The van der Waals surface area contributed by atoms with Crippen LogP contribution in [0.1, 0.15) is 11.3 Å². The van der Waals surface area contributed by atoms with E-state index in [4.69, 9.17) is 15.7 Å². The topological polar surface area (TPSA) is 93.6 Å². The van der Waals surface area contributed by atoms with Gasteiger partial charge in [-0.15, -0.1) is 0 Å². The lowest BCUT2D eigenvalue weighted by atomic mass is 10.2. The highest BCUT2D eigenvalue weighted by atomic mass is 79.9. The Balaban J connectivity index is 2.38. The SMILES string of the molecule is Cc1cc(Br)ccc1Oc1nccnc1C(N)=NO. The molecule has 19 heavy (non-hydrogen) atoms. The van der Waals surface area contributed by atoms with E-state index in [1.165, 1.54) is 12.4 Å². The van der Waals surface area contributed by atoms with Gasteiger partial charge in [-0.25, -0.2) is 9.97 Å². The second-order valence-electron chi connectivity index (χ2n) is 3.71. The summed E-state index contributed by atoms with van der Waals surface area (Å²) in [5.74, 6) is 0.650. The van der Waals surface area contributed by atoms with Gasteiger partial charge in [-0.3, -0.25) is 0 Å². The van der Waals surface area contributed by atoms with E-state index in [0.717, 1.165) is 10.0 Å². The van der Waals surface area contributed by atoms with Gasteiger partial charge in [0.1, 0.15) is 5.75 Å². The first-order valence-corrected chi connectivity index (χ1v) is 6.14. The van der Waals surface area contributed by atoms with Crippen molar-refractivity contribution in [2.75, 3.05) is 0 Å². The fraction of sp³-hybridized carbons (Fsp3) is 0.0833. The van der Waals surface area contributed by atoms with Crippen LogP contribution in [0.4, 0.5) is 0 Å². The van der Waals surface area contributed by atoms with Crippen molar-refractivity contribution in [3.63, 3.8) is 0 Å². The Kier molecular flexibility index (Phi) is 3.96. The maximum Gasteiger partial charge on any atom is 0.249 e. The molecule has 0 saturated carbocycles. The van der Waals surface area contributed by atoms with Gasteiger partial charge in [0.15, 0.2) is 11.5 Å². The van der Waals surface area contributed by atoms with Crippen LogP contribution in [0, 0.1) is 6.92 Å². The molecule has 1 aromatic carbocycles. The van der Waals surface area contributed by atoms with Crippen LogP contribution in [0.5, 0.6) is 11.6 Å². The fourth-order valence-electron chi connectivity index (χ4n) is 1.45. The third-order valence-electron chi connectivity index (χ3n) is 2.36. The summed E-state index contributed by atoms with van der Waals surface area (Å²) >= 11 is 3.37. The average Bonchev–Trinajstić information content (AvgIpc) is 2.41. The van der Waals surface area contributed by atoms with Gasteiger partial charge in [0, 0.05) is 16.9 Å². The predicted molar refractivity (Wildman–Crippen MR) is 73.5 cm³/mol. The number of ether oxygens (including phenoxy) is 1. The second-order valence-corrected chi connectivity index (χ2v) is 4.62. The largest absolute Gasteiger partial charge is 0.437 e. The Morgan fingerprint density at radius 1 is 1.37 bits per heavy atom. The summed E-state index contributed by atoms with van der Waals surface area (Å²) in [4.78, 5) is 8.02. The van der Waals surface area contributed by atoms with Crippen LogP contribution in [-0.4, -0.2) is 21.0 Å². The number of hydrogen-bond donors (Lipinski definition) is 2. The van der Waals surface area contributed by atoms with E-state index in [9.17, 15) is 0 Å². The quantitative estimate of drug-likeness (QED) is 0.392. The predicted octanol–water partition coefficient (Wildman–Crippen LogP) is 2.43. The molecule has 1 aromatic heterocycles. The molecule has 0 amide bonds. The molecule has 0 aliphatic heterocycles. The summed E-state index contributed by atoms with van der Waals surface area (Å²) in [5, 5.41) is 11.6. The Labute approximate surface area is 118 Å². The molecule has 6 nitrogen and oxygen atoms in total. The van der Waals surface area contributed by atoms with E-state index < -0.39 is 0 Å². The van der Waals surface area contributed by atoms with Crippen molar-refractivity contribution < 1.29 is 9.94 Å². The first-order valence-electron chi connectivity index (χ1n) is 5.34. The molecule has 2 rings (SSSR count). The number of amidine groups is 1. The molecule has 0 spiro atoms. The molecule has 0 radical (unpaired) electrons. The summed E-state index contributed by atoms with van der Waals surface area (Å²) in [6.07, 6.45) is 2.91. The van der Waals surface area contributed by atoms with E-state index >= 15 is 0 Å². The molecule has 2 aromatic rings. The van der Waals surface area contributed by atoms with Gasteiger partial charge >= 0.3 is 0 Å². The maximum absolute atomic E-state index is 8.70. The molecule has 0 aliphatic carbocycles. The lowest BCUT2D eigenvalue weighted by molar-refractivity contribution is 0.318. The number of nitrogens with zero attached hydrogens (tertiary/aromatic N) is 3. The van der Waals surface area contributed by atoms with E-state index in [-0.39, 0.29) is 17.4 Å². The minimum atomic E-state index is -0.155. The summed E-state index contributed by atoms with van der Waals surface area (Å²) in [5.41, 5.74) is 6.63. The van der Waals surface area contributed by atoms with Gasteiger partial charge in [-0.05, 0) is 30.7 Å². The molecule has 7 heteroatoms. The first-order chi connectivity index (χ1) is 9.11. The van der Waals surface area contributed by atoms with Crippen molar-refractivity contribution in [2.24, 2.45) is 10.9 Å². The number of aryl methyl sites for hydroxylation is 1. The number of aromatic nitrogens is 2. The van der Waals surface area contributed by atoms with E-state index in [2.05, 4.69) is 31.1 Å². The van der Waals surface area contributed by atoms with Crippen molar-refractivity contribution in [3.05, 3.63) is 46.3 Å². The highest BCUT2D eigenvalue weighted by Crippen LogP contribution is 2.27. The number of benzene rings is 1. The molecule has 0 unspecified atom stereocenters. The maximum atomic E-state index is 8.70. The van der Waals surface area contributed by atoms with Crippen LogP contribution in [0.25, 0.3) is 0 Å². The van der Waals surface area contributed by atoms with Gasteiger partial charge in [-0.1, -0.05) is 21.1 Å². The Bertz CT molecular complexity index is 631. The number of rotatable bonds is 3. The van der Waals surface area contributed by atoms with Gasteiger partial charge < -0.3 is 15.7 Å². The number of oxime groups is 1. The zero-order valence-corrected chi connectivity index (χ0v) is 11.6. The highest BCUT2D eigenvalue weighted by Gasteiger charge is 2.13. The zero-order chi connectivity index (χ0) is 13.8. The van der Waals surface area contributed by atoms with Crippen LogP contribution in [0.2, 0.25) is 0 Å². The second kappa shape index (κ2) is 5.66. The fourth-order valence-corrected chi connectivity index (χ4v) is 1.93. The van der Waals surface area contributed by atoms with Crippen LogP contribution >= 0.6 is 15.9 Å². The summed E-state index contributed by atoms with van der Waals surface area (Å²) in [7, 11) is 0. The molecular weight excluding hydrogens is 312 g/mol. The number of nitrogens with two attached hydrogens (primary N) is 1. The van der Waals surface area contributed by atoms with E-state index in [1.54, 1.807) is 6.07 Å². The Hall–Kier alpha value is -2.15. The van der Waals surface area contributed by atoms with Crippen molar-refractivity contribution in [3.8, 4) is 11.6 Å². The standard InChI is InChI=1S/C12H11BrN4O2/c1-7-6-8(13)2-3-9(7)19-12-10(11(14)17-18)15-4-5-16-12/h2-6,18H,1H3,(H2,14,17). The minimum absolute atomic E-state index is 0.155. The van der Waals surface area contributed by atoms with Crippen molar-refractivity contribution >= 4 is 21.8 Å². The normalized spacial score (nSPS) is 11.4. The third kappa shape index (κ3) is 3.00. The van der Waals surface area contributed by atoms with Crippen molar-refractivity contribution in [2.45, 2.75) is 6.92 Å². The smallest absolute Gasteiger partial charge is 0.249 e. The monoisotopic (exact) mass is 322 g/mol. The van der Waals surface area contributed by atoms with Crippen LogP contribution in [0.15, 0.2) is 40.2 Å². The zero-order valence-electron chi connectivity index (χ0n) is 10.0. The molecule has 98 valence electrons. The van der Waals surface area contributed by atoms with Gasteiger partial charge in [-0.2, -0.15) is 0 Å². The summed E-state index contributed by atoms with van der Waals surface area (Å²) in [6.45, 7) is 1.90. The molecule has 3 N–H and O–H groups in total. The number of hydrogen-bond acceptors (Lipinski definition) is 5. The Morgan fingerprint density at radius 2 is 2.11 bits per heavy atom. The van der Waals surface area contributed by atoms with Gasteiger partial charge in [0.25, 0.3) is 0 Å². The molecule has 0 bridgehead atoms. The van der Waals surface area contributed by atoms with Crippen LogP contribution < -0.4 is 10.5 Å².